The van der Waals surface area contributed by atoms with Crippen molar-refractivity contribution < 1.29 is 17.9 Å². The number of benzene rings is 2. The van der Waals surface area contributed by atoms with Gasteiger partial charge in [0.2, 0.25) is 10.0 Å². The number of ether oxygens (including phenoxy) is 1. The smallest absolute Gasteiger partial charge is 0.330 e. The van der Waals surface area contributed by atoms with Crippen LogP contribution >= 0.6 is 0 Å². The quantitative estimate of drug-likeness (QED) is 0.330. The third-order valence-electron chi connectivity index (χ3n) is 6.64. The first-order valence-corrected chi connectivity index (χ1v) is 14.0. The zero-order valence-electron chi connectivity index (χ0n) is 21.3. The lowest BCUT2D eigenvalue weighted by Gasteiger charge is -2.26. The molecule has 13 heteroatoms. The Bertz CT molecular complexity index is 1720. The number of nitrogens with zero attached hydrogens (tertiary/aromatic N) is 4. The third kappa shape index (κ3) is 5.55. The first kappa shape index (κ1) is 26.5. The van der Waals surface area contributed by atoms with E-state index in [-0.39, 0.29) is 23.9 Å². The molecule has 0 atom stereocenters. The number of aromatic nitrogens is 4. The van der Waals surface area contributed by atoms with E-state index in [0.717, 1.165) is 11.1 Å². The van der Waals surface area contributed by atoms with Crippen LogP contribution in [0.2, 0.25) is 0 Å². The van der Waals surface area contributed by atoms with Crippen LogP contribution in [0.3, 0.4) is 0 Å². The van der Waals surface area contributed by atoms with Crippen molar-refractivity contribution in [1.82, 2.24) is 28.7 Å². The molecule has 2 N–H and O–H groups in total. The van der Waals surface area contributed by atoms with Gasteiger partial charge in [-0.1, -0.05) is 24.3 Å². The second-order valence-electron chi connectivity index (χ2n) is 9.12. The van der Waals surface area contributed by atoms with Crippen molar-refractivity contribution in [3.8, 4) is 0 Å². The van der Waals surface area contributed by atoms with Crippen LogP contribution in [0, 0.1) is 0 Å². The SMILES string of the molecule is CCn1cnc2c1c(=O)[nH]c(=O)n2Cc1ccc(CNS(=O)(=O)c2ccc(C(=O)N3CCOCC3)cc2)cc1. The van der Waals surface area contributed by atoms with E-state index in [1.165, 1.54) is 35.2 Å². The number of morpholine rings is 1. The fraction of sp³-hybridized carbons (Fsp3) is 0.308. The lowest BCUT2D eigenvalue weighted by molar-refractivity contribution is 0.0303. The number of H-pyrrole nitrogens is 1. The number of carbonyl (C=O) groups is 1. The van der Waals surface area contributed by atoms with Crippen LogP contribution in [-0.4, -0.2) is 64.6 Å². The van der Waals surface area contributed by atoms with Crippen LogP contribution in [0.25, 0.3) is 11.2 Å². The maximum atomic E-state index is 12.8. The second kappa shape index (κ2) is 11.0. The van der Waals surface area contributed by atoms with Crippen molar-refractivity contribution in [2.24, 2.45) is 0 Å². The van der Waals surface area contributed by atoms with E-state index in [9.17, 15) is 22.8 Å². The topological polar surface area (TPSA) is 148 Å². The van der Waals surface area contributed by atoms with Gasteiger partial charge in [0.25, 0.3) is 11.5 Å². The summed E-state index contributed by atoms with van der Waals surface area (Å²) in [5.41, 5.74) is 1.53. The maximum Gasteiger partial charge on any atom is 0.330 e. The average Bonchev–Trinajstić information content (AvgIpc) is 3.40. The van der Waals surface area contributed by atoms with Gasteiger partial charge in [-0.25, -0.2) is 22.9 Å². The number of aromatic amines is 1. The van der Waals surface area contributed by atoms with Gasteiger partial charge in [0.15, 0.2) is 11.2 Å². The number of rotatable bonds is 8. The normalized spacial score (nSPS) is 14.1. The van der Waals surface area contributed by atoms with Gasteiger partial charge in [0.1, 0.15) is 0 Å². The Morgan fingerprint density at radius 1 is 1.03 bits per heavy atom. The number of sulfonamides is 1. The molecule has 1 aliphatic heterocycles. The highest BCUT2D eigenvalue weighted by Gasteiger charge is 2.20. The number of carbonyl (C=O) groups excluding carboxylic acids is 1. The highest BCUT2D eigenvalue weighted by atomic mass is 32.2. The number of amides is 1. The number of fused-ring (bicyclic) bond motifs is 1. The molecular formula is C26H28N6O6S. The Balaban J connectivity index is 1.24. The van der Waals surface area contributed by atoms with E-state index in [2.05, 4.69) is 14.7 Å². The predicted octanol–water partition coefficient (Wildman–Crippen LogP) is 0.905. The van der Waals surface area contributed by atoms with Gasteiger partial charge in [0.05, 0.1) is 31.0 Å². The first-order valence-electron chi connectivity index (χ1n) is 12.5. The summed E-state index contributed by atoms with van der Waals surface area (Å²) in [4.78, 5) is 45.6. The number of imidazole rings is 1. The van der Waals surface area contributed by atoms with Gasteiger partial charge >= 0.3 is 5.69 Å². The molecule has 12 nitrogen and oxygen atoms in total. The van der Waals surface area contributed by atoms with Gasteiger partial charge in [0, 0.05) is 31.7 Å². The summed E-state index contributed by atoms with van der Waals surface area (Å²) < 4.78 is 36.5. The average molecular weight is 553 g/mol. The molecule has 2 aromatic heterocycles. The Morgan fingerprint density at radius 2 is 1.69 bits per heavy atom. The molecule has 0 bridgehead atoms. The van der Waals surface area contributed by atoms with Crippen molar-refractivity contribution in [3.05, 3.63) is 92.4 Å². The summed E-state index contributed by atoms with van der Waals surface area (Å²) >= 11 is 0. The van der Waals surface area contributed by atoms with Crippen molar-refractivity contribution in [3.63, 3.8) is 0 Å². The minimum absolute atomic E-state index is 0.0564. The Hall–Kier alpha value is -4.07. The molecule has 4 aromatic rings. The highest BCUT2D eigenvalue weighted by molar-refractivity contribution is 7.89. The van der Waals surface area contributed by atoms with Crippen LogP contribution in [0.1, 0.15) is 28.4 Å². The zero-order valence-corrected chi connectivity index (χ0v) is 22.1. The third-order valence-corrected chi connectivity index (χ3v) is 8.05. The fourth-order valence-electron chi connectivity index (χ4n) is 4.44. The zero-order chi connectivity index (χ0) is 27.6. The lowest BCUT2D eigenvalue weighted by atomic mass is 10.1. The fourth-order valence-corrected chi connectivity index (χ4v) is 5.46. The summed E-state index contributed by atoms with van der Waals surface area (Å²) in [5, 5.41) is 0. The highest BCUT2D eigenvalue weighted by Crippen LogP contribution is 2.15. The molecule has 204 valence electrons. The standard InChI is InChI=1S/C26H28N6O6S/c1-2-30-17-27-23-22(30)24(33)29-26(35)32(23)16-19-5-3-18(4-6-19)15-28-39(36,37)21-9-7-20(8-10-21)25(34)31-11-13-38-14-12-31/h3-10,17,28H,2,11-16H2,1H3,(H,29,33,35). The van der Waals surface area contributed by atoms with Crippen LogP contribution < -0.4 is 16.0 Å². The number of aryl methyl sites for hydroxylation is 1. The monoisotopic (exact) mass is 552 g/mol. The minimum atomic E-state index is -3.80. The van der Waals surface area contributed by atoms with Crippen molar-refractivity contribution >= 4 is 27.1 Å². The molecule has 0 radical (unpaired) electrons. The maximum absolute atomic E-state index is 12.8. The second-order valence-corrected chi connectivity index (χ2v) is 10.9. The number of nitrogens with one attached hydrogen (secondary N) is 2. The van der Waals surface area contributed by atoms with Gasteiger partial charge < -0.3 is 14.2 Å². The van der Waals surface area contributed by atoms with E-state index in [1.54, 1.807) is 33.7 Å². The first-order chi connectivity index (χ1) is 18.8. The van der Waals surface area contributed by atoms with Crippen molar-refractivity contribution in [2.75, 3.05) is 26.3 Å². The predicted molar refractivity (Wildman–Crippen MR) is 143 cm³/mol. The van der Waals surface area contributed by atoms with E-state index in [0.29, 0.717) is 49.6 Å². The molecule has 0 spiro atoms. The number of hydrogen-bond donors (Lipinski definition) is 2. The molecule has 0 saturated carbocycles. The summed E-state index contributed by atoms with van der Waals surface area (Å²) in [6.45, 7) is 4.66. The van der Waals surface area contributed by atoms with Crippen LogP contribution in [0.5, 0.6) is 0 Å². The molecule has 0 unspecified atom stereocenters. The molecular weight excluding hydrogens is 524 g/mol. The van der Waals surface area contributed by atoms with Gasteiger partial charge in [-0.15, -0.1) is 0 Å². The van der Waals surface area contributed by atoms with E-state index >= 15 is 0 Å². The molecule has 1 saturated heterocycles. The summed E-state index contributed by atoms with van der Waals surface area (Å²) in [5.74, 6) is -0.154. The number of hydrogen-bond acceptors (Lipinski definition) is 7. The van der Waals surface area contributed by atoms with Crippen LogP contribution in [0.4, 0.5) is 0 Å². The van der Waals surface area contributed by atoms with E-state index < -0.39 is 21.3 Å². The van der Waals surface area contributed by atoms with Crippen molar-refractivity contribution in [2.45, 2.75) is 31.5 Å². The van der Waals surface area contributed by atoms with Crippen LogP contribution in [-0.2, 0) is 34.4 Å². The molecule has 1 amide bonds. The molecule has 0 aliphatic carbocycles. The van der Waals surface area contributed by atoms with Gasteiger partial charge in [-0.3, -0.25) is 19.1 Å². The molecule has 1 aliphatic rings. The molecule has 39 heavy (non-hydrogen) atoms. The molecule has 2 aromatic carbocycles. The summed E-state index contributed by atoms with van der Waals surface area (Å²) in [7, 11) is -3.80. The molecule has 5 rings (SSSR count). The van der Waals surface area contributed by atoms with Crippen LogP contribution in [0.15, 0.2) is 69.3 Å². The van der Waals surface area contributed by atoms with E-state index in [1.807, 2.05) is 6.92 Å². The van der Waals surface area contributed by atoms with E-state index in [4.69, 9.17) is 4.74 Å². The Morgan fingerprint density at radius 3 is 2.36 bits per heavy atom. The molecule has 3 heterocycles. The molecule has 1 fully saturated rings. The Labute approximate surface area is 223 Å². The van der Waals surface area contributed by atoms with Gasteiger partial charge in [-0.05, 0) is 42.3 Å². The van der Waals surface area contributed by atoms with Crippen molar-refractivity contribution in [1.29, 1.82) is 0 Å². The largest absolute Gasteiger partial charge is 0.378 e. The Kier molecular flexibility index (Phi) is 7.46. The summed E-state index contributed by atoms with van der Waals surface area (Å²) in [6.07, 6.45) is 1.53. The van der Waals surface area contributed by atoms with Gasteiger partial charge in [-0.2, -0.15) is 0 Å². The lowest BCUT2D eigenvalue weighted by Crippen LogP contribution is -2.40. The minimum Gasteiger partial charge on any atom is -0.378 e. The summed E-state index contributed by atoms with van der Waals surface area (Å²) in [6, 6.07) is 13.0.